The summed E-state index contributed by atoms with van der Waals surface area (Å²) in [5.74, 6) is -2.76. The lowest BCUT2D eigenvalue weighted by molar-refractivity contribution is -0.132. The van der Waals surface area contributed by atoms with E-state index in [1.54, 1.807) is 66.9 Å². The molecule has 0 aliphatic carbocycles. The third-order valence-corrected chi connectivity index (χ3v) is 7.27. The molecule has 9 nitrogen and oxygen atoms in total. The van der Waals surface area contributed by atoms with Crippen LogP contribution >= 0.6 is 22.9 Å². The number of nitrogens with zero attached hydrogens (tertiary/aromatic N) is 4. The summed E-state index contributed by atoms with van der Waals surface area (Å²) in [6, 6.07) is 11.0. The van der Waals surface area contributed by atoms with Crippen molar-refractivity contribution in [2.45, 2.75) is 19.9 Å². The van der Waals surface area contributed by atoms with Gasteiger partial charge in [-0.25, -0.2) is 14.8 Å². The normalized spacial score (nSPS) is 17.2. The summed E-state index contributed by atoms with van der Waals surface area (Å²) in [6.07, 6.45) is 1.71. The predicted octanol–water partition coefficient (Wildman–Crippen LogP) is 4.47. The van der Waals surface area contributed by atoms with E-state index in [2.05, 4.69) is 9.97 Å². The van der Waals surface area contributed by atoms with E-state index < -0.39 is 23.7 Å². The number of thiazole rings is 1. The number of methoxy groups -OCH3 is 1. The Morgan fingerprint density at radius 2 is 1.89 bits per heavy atom. The minimum atomic E-state index is -1.05. The monoisotopic (exact) mass is 522 g/mol. The number of pyridine rings is 1. The third kappa shape index (κ3) is 3.66. The lowest BCUT2D eigenvalue weighted by Crippen LogP contribution is -2.29. The second kappa shape index (κ2) is 8.89. The van der Waals surface area contributed by atoms with E-state index in [-0.39, 0.29) is 21.3 Å². The van der Waals surface area contributed by atoms with Crippen LogP contribution in [0.1, 0.15) is 38.4 Å². The molecule has 1 aliphatic heterocycles. The fraction of sp³-hybridized carbons (Fsp3) is 0.160. The summed E-state index contributed by atoms with van der Waals surface area (Å²) < 4.78 is 6.46. The highest BCUT2D eigenvalue weighted by Gasteiger charge is 2.49. The van der Waals surface area contributed by atoms with Crippen LogP contribution in [0.3, 0.4) is 0 Å². The zero-order valence-electron chi connectivity index (χ0n) is 19.4. The number of halogens is 1. The summed E-state index contributed by atoms with van der Waals surface area (Å²) in [6.45, 7) is 3.32. The number of aliphatic hydroxyl groups is 1. The maximum atomic E-state index is 13.4. The molecule has 1 aliphatic rings. The molecular formula is C25H19ClN4O5S. The van der Waals surface area contributed by atoms with Gasteiger partial charge in [0.15, 0.2) is 10.9 Å². The maximum Gasteiger partial charge on any atom is 0.350 e. The molecule has 4 heterocycles. The first-order valence-electron chi connectivity index (χ1n) is 10.8. The van der Waals surface area contributed by atoms with Crippen LogP contribution in [0.5, 0.6) is 0 Å². The topological polar surface area (TPSA) is 114 Å². The van der Waals surface area contributed by atoms with Crippen LogP contribution in [-0.4, -0.2) is 44.2 Å². The second-order valence-corrected chi connectivity index (χ2v) is 9.52. The van der Waals surface area contributed by atoms with E-state index >= 15 is 0 Å². The van der Waals surface area contributed by atoms with E-state index in [9.17, 15) is 19.5 Å². The Hall–Kier alpha value is -4.02. The molecule has 1 saturated heterocycles. The van der Waals surface area contributed by atoms with Crippen LogP contribution in [0.15, 0.2) is 54.2 Å². The van der Waals surface area contributed by atoms with Crippen molar-refractivity contribution in [3.8, 4) is 0 Å². The number of aliphatic hydroxyl groups excluding tert-OH is 1. The molecule has 1 atom stereocenters. The SMILES string of the molecule is COC(=O)c1sc(N2C(=O)C(=O)/C(=C(/O)c3c(C)nc4ccccn34)C2c2cccc(Cl)c2)nc1C. The minimum absolute atomic E-state index is 0.119. The molecule has 0 radical (unpaired) electrons. The fourth-order valence-electron chi connectivity index (χ4n) is 4.32. The summed E-state index contributed by atoms with van der Waals surface area (Å²) in [4.78, 5) is 49.3. The summed E-state index contributed by atoms with van der Waals surface area (Å²) >= 11 is 7.18. The van der Waals surface area contributed by atoms with Crippen molar-refractivity contribution in [2.24, 2.45) is 0 Å². The van der Waals surface area contributed by atoms with E-state index in [1.807, 2.05) is 0 Å². The number of rotatable bonds is 4. The van der Waals surface area contributed by atoms with Gasteiger partial charge in [0.1, 0.15) is 16.2 Å². The van der Waals surface area contributed by atoms with E-state index in [0.29, 0.717) is 33.3 Å². The molecule has 1 unspecified atom stereocenters. The van der Waals surface area contributed by atoms with Gasteiger partial charge in [0.05, 0.1) is 30.1 Å². The molecule has 1 aromatic carbocycles. The van der Waals surface area contributed by atoms with Gasteiger partial charge in [-0.1, -0.05) is 41.1 Å². The smallest absolute Gasteiger partial charge is 0.350 e. The molecule has 36 heavy (non-hydrogen) atoms. The molecule has 0 saturated carbocycles. The second-order valence-electron chi connectivity index (χ2n) is 8.10. The number of carbonyl (C=O) groups is 3. The summed E-state index contributed by atoms with van der Waals surface area (Å²) in [5.41, 5.74) is 2.05. The Kier molecular flexibility index (Phi) is 5.85. The molecule has 1 fully saturated rings. The molecular weight excluding hydrogens is 504 g/mol. The number of aryl methyl sites for hydroxylation is 2. The molecule has 4 aromatic rings. The van der Waals surface area contributed by atoms with E-state index in [4.69, 9.17) is 16.3 Å². The molecule has 5 rings (SSSR count). The number of aromatic nitrogens is 3. The number of ether oxygens (including phenoxy) is 1. The van der Waals surface area contributed by atoms with E-state index in [0.717, 1.165) is 11.3 Å². The Morgan fingerprint density at radius 3 is 2.61 bits per heavy atom. The lowest BCUT2D eigenvalue weighted by Gasteiger charge is -2.23. The Labute approximate surface area is 214 Å². The number of ketones is 1. The highest BCUT2D eigenvalue weighted by molar-refractivity contribution is 7.17. The number of amides is 1. The van der Waals surface area contributed by atoms with Crippen molar-refractivity contribution in [3.05, 3.63) is 86.8 Å². The molecule has 1 N–H and O–H groups in total. The maximum absolute atomic E-state index is 13.4. The number of hydrogen-bond acceptors (Lipinski definition) is 8. The first-order chi connectivity index (χ1) is 17.2. The van der Waals surface area contributed by atoms with Crippen LogP contribution < -0.4 is 4.90 Å². The lowest BCUT2D eigenvalue weighted by atomic mass is 9.96. The van der Waals surface area contributed by atoms with Crippen LogP contribution in [-0.2, 0) is 14.3 Å². The number of benzene rings is 1. The zero-order valence-corrected chi connectivity index (χ0v) is 20.9. The molecule has 11 heteroatoms. The van der Waals surface area contributed by atoms with Crippen LogP contribution in [0, 0.1) is 13.8 Å². The highest BCUT2D eigenvalue weighted by atomic mass is 35.5. The Balaban J connectivity index is 1.77. The van der Waals surface area contributed by atoms with E-state index in [1.165, 1.54) is 12.0 Å². The van der Waals surface area contributed by atoms with Crippen molar-refractivity contribution < 1.29 is 24.2 Å². The number of esters is 1. The van der Waals surface area contributed by atoms with Gasteiger partial charge in [0.2, 0.25) is 0 Å². The molecule has 3 aromatic heterocycles. The number of hydrogen-bond donors (Lipinski definition) is 1. The van der Waals surface area contributed by atoms with Gasteiger partial charge in [-0.05, 0) is 43.7 Å². The standard InChI is InChI=1S/C25H19ClN4O5S/c1-12-18(29-10-5-4-9-16(29)27-12)20(31)17-19(14-7-6-8-15(26)11-14)30(23(33)21(17)32)25-28-13(2)22(36-25)24(34)35-3/h4-11,19,31H,1-3H3/b20-17+. The average Bonchev–Trinajstić information content (AvgIpc) is 3.48. The number of anilines is 1. The largest absolute Gasteiger partial charge is 0.505 e. The number of imidazole rings is 1. The molecule has 182 valence electrons. The highest BCUT2D eigenvalue weighted by Crippen LogP contribution is 2.44. The number of fused-ring (bicyclic) bond motifs is 1. The zero-order chi connectivity index (χ0) is 25.7. The van der Waals surface area contributed by atoms with Crippen molar-refractivity contribution in [1.29, 1.82) is 0 Å². The summed E-state index contributed by atoms with van der Waals surface area (Å²) in [7, 11) is 1.25. The van der Waals surface area contributed by atoms with Gasteiger partial charge < -0.3 is 9.84 Å². The third-order valence-electron chi connectivity index (χ3n) is 5.90. The van der Waals surface area contributed by atoms with Crippen LogP contribution in [0.4, 0.5) is 5.13 Å². The van der Waals surface area contributed by atoms with Gasteiger partial charge in [-0.2, -0.15) is 0 Å². The fourth-order valence-corrected chi connectivity index (χ4v) is 5.53. The number of Topliss-reactive ketones (excluding diaryl/α,β-unsaturated/α-hetero) is 1. The first kappa shape index (κ1) is 23.7. The van der Waals surface area contributed by atoms with Crippen molar-refractivity contribution >= 4 is 57.1 Å². The van der Waals surface area contributed by atoms with Gasteiger partial charge in [-0.3, -0.25) is 18.9 Å². The Morgan fingerprint density at radius 1 is 1.11 bits per heavy atom. The minimum Gasteiger partial charge on any atom is -0.505 e. The average molecular weight is 523 g/mol. The van der Waals surface area contributed by atoms with Crippen molar-refractivity contribution in [2.75, 3.05) is 12.0 Å². The quantitative estimate of drug-likeness (QED) is 0.182. The predicted molar refractivity (Wildman–Crippen MR) is 134 cm³/mol. The van der Waals surface area contributed by atoms with Crippen molar-refractivity contribution in [3.63, 3.8) is 0 Å². The van der Waals surface area contributed by atoms with Gasteiger partial charge >= 0.3 is 11.9 Å². The molecule has 1 amide bonds. The van der Waals surface area contributed by atoms with Crippen LogP contribution in [0.2, 0.25) is 5.02 Å². The van der Waals surface area contributed by atoms with Gasteiger partial charge in [0.25, 0.3) is 5.78 Å². The molecule has 0 spiro atoms. The first-order valence-corrected chi connectivity index (χ1v) is 12.0. The van der Waals surface area contributed by atoms with Crippen molar-refractivity contribution in [1.82, 2.24) is 14.4 Å². The Bertz CT molecular complexity index is 1600. The molecule has 0 bridgehead atoms. The van der Waals surface area contributed by atoms with Gasteiger partial charge in [0, 0.05) is 11.2 Å². The summed E-state index contributed by atoms with van der Waals surface area (Å²) in [5, 5.41) is 12.0. The van der Waals surface area contributed by atoms with Crippen LogP contribution in [0.25, 0.3) is 11.4 Å². The number of carbonyl (C=O) groups excluding carboxylic acids is 3. The van der Waals surface area contributed by atoms with Gasteiger partial charge in [-0.15, -0.1) is 0 Å².